The van der Waals surface area contributed by atoms with E-state index in [0.717, 1.165) is 39.5 Å². The number of methoxy groups -OCH3 is 1. The van der Waals surface area contributed by atoms with Crippen LogP contribution in [0.5, 0.6) is 0 Å². The Bertz CT molecular complexity index is 2890. The number of nitrogens with zero attached hydrogens (tertiary/aromatic N) is 2. The van der Waals surface area contributed by atoms with Crippen LogP contribution >= 0.6 is 0 Å². The van der Waals surface area contributed by atoms with Crippen molar-refractivity contribution < 1.29 is 58.1 Å². The molecule has 0 fully saturated rings. The summed E-state index contributed by atoms with van der Waals surface area (Å²) >= 11 is 0. The maximum absolute atomic E-state index is 12.5. The fraction of sp³-hybridized carbons (Fsp3) is 0.378. The quantitative estimate of drug-likeness (QED) is 0.0435. The predicted molar refractivity (Wildman–Crippen MR) is 234 cm³/mol. The van der Waals surface area contributed by atoms with E-state index in [1.54, 1.807) is 6.07 Å². The molecular formula is C45H50N2O12S3-2. The fourth-order valence-electron chi connectivity index (χ4n) is 9.32. The lowest BCUT2D eigenvalue weighted by Gasteiger charge is -2.30. The van der Waals surface area contributed by atoms with E-state index in [-0.39, 0.29) is 30.2 Å². The smallest absolute Gasteiger partial charge is 0.303 e. The van der Waals surface area contributed by atoms with Gasteiger partial charge in [0.05, 0.1) is 25.3 Å². The molecule has 0 saturated carbocycles. The van der Waals surface area contributed by atoms with Gasteiger partial charge < -0.3 is 28.4 Å². The van der Waals surface area contributed by atoms with Crippen LogP contribution in [-0.4, -0.2) is 92.8 Å². The molecule has 2 aliphatic rings. The maximum Gasteiger partial charge on any atom is 0.303 e. The van der Waals surface area contributed by atoms with Gasteiger partial charge in [-0.15, -0.1) is 0 Å². The van der Waals surface area contributed by atoms with E-state index >= 15 is 0 Å². The van der Waals surface area contributed by atoms with Crippen LogP contribution in [0.15, 0.2) is 107 Å². The average Bonchev–Trinajstić information content (AvgIpc) is 3.58. The number of ether oxygens (including phenoxy) is 1. The van der Waals surface area contributed by atoms with Gasteiger partial charge >= 0.3 is 5.97 Å². The molecule has 2 atom stereocenters. The van der Waals surface area contributed by atoms with Crippen molar-refractivity contribution in [3.05, 3.63) is 108 Å². The number of hydrogen-bond acceptors (Lipinski definition) is 12. The van der Waals surface area contributed by atoms with Gasteiger partial charge in [0.2, 0.25) is 5.69 Å². The summed E-state index contributed by atoms with van der Waals surface area (Å²) in [6.07, 6.45) is 11.9. The van der Waals surface area contributed by atoms with Crippen molar-refractivity contribution in [2.45, 2.75) is 86.3 Å². The number of benzene rings is 4. The number of hydrogen-bond donors (Lipinski definition) is 1. The van der Waals surface area contributed by atoms with E-state index < -0.39 is 62.7 Å². The molecule has 62 heavy (non-hydrogen) atoms. The van der Waals surface area contributed by atoms with Gasteiger partial charge in [0.25, 0.3) is 0 Å². The van der Waals surface area contributed by atoms with Gasteiger partial charge in [0.15, 0.2) is 5.71 Å². The third-order valence-electron chi connectivity index (χ3n) is 12.1. The Labute approximate surface area is 363 Å². The Morgan fingerprint density at radius 1 is 0.806 bits per heavy atom. The van der Waals surface area contributed by atoms with E-state index in [1.165, 1.54) is 13.2 Å². The summed E-state index contributed by atoms with van der Waals surface area (Å²) in [4.78, 5) is 11.8. The largest absolute Gasteiger partial charge is 0.748 e. The number of aliphatic carboxylic acids is 1. The van der Waals surface area contributed by atoms with Gasteiger partial charge in [0.1, 0.15) is 26.8 Å². The number of anilines is 1. The maximum atomic E-state index is 12.5. The molecule has 0 radical (unpaired) electrons. The highest BCUT2D eigenvalue weighted by Gasteiger charge is 2.49. The average molecular weight is 907 g/mol. The second-order valence-electron chi connectivity index (χ2n) is 16.1. The zero-order valence-electron chi connectivity index (χ0n) is 35.0. The highest BCUT2D eigenvalue weighted by Crippen LogP contribution is 2.53. The van der Waals surface area contributed by atoms with Gasteiger partial charge in [-0.2, -0.15) is 4.58 Å². The van der Waals surface area contributed by atoms with E-state index in [4.69, 9.17) is 4.74 Å². The van der Waals surface area contributed by atoms with E-state index in [0.29, 0.717) is 62.5 Å². The number of carboxylic acids is 1. The molecular weight excluding hydrogens is 857 g/mol. The Hall–Kier alpha value is -4.75. The molecule has 332 valence electrons. The standard InChI is InChI=1S/C45H52N2O12S3/c1-5-46-36-22-20-31-15-11-12-16-33(31)42(36)44(2,24-14-28-60(50,51)52)39(46)17-8-6-9-18-40-45(3,25-27-59-4)43-35-29-32(61(53,54)55)30-38(62(56,57)58)34(35)21-23-37(43)47(40)26-13-7-10-19-41(48)49/h6,8-9,11-12,15-18,20-23,29-30H,5,7,10,13-14,19,24-28H2,1-4H3,(H3-,48,49,50,51,52,53,54,55,56,57,58)/p-2. The van der Waals surface area contributed by atoms with Crippen LogP contribution in [0.4, 0.5) is 11.4 Å². The number of fused-ring (bicyclic) bond motifs is 6. The van der Waals surface area contributed by atoms with Crippen LogP contribution in [0.3, 0.4) is 0 Å². The van der Waals surface area contributed by atoms with Crippen molar-refractivity contribution >= 4 is 75.0 Å². The Balaban J connectivity index is 1.48. The second-order valence-corrected chi connectivity index (χ2v) is 20.4. The molecule has 2 unspecified atom stereocenters. The molecule has 2 heterocycles. The van der Waals surface area contributed by atoms with E-state index in [1.807, 2.05) is 73.1 Å². The van der Waals surface area contributed by atoms with Crippen LogP contribution in [0.1, 0.15) is 76.8 Å². The molecule has 0 spiro atoms. The molecule has 2 aliphatic heterocycles. The SMILES string of the molecule is CCN1/C(=C/C=C/C=C/C2=[N+](CCCCCC(=O)O)c3ccc4c(S(=O)(=O)[O-])cc(S(=O)(=O)[O-])cc4c3C2(C)CCOC)C(C)(CCCS(=O)(=O)[O-])c2c1ccc1ccccc21. The van der Waals surface area contributed by atoms with Crippen molar-refractivity contribution in [2.75, 3.05) is 37.5 Å². The topological polar surface area (TPSA) is 224 Å². The lowest BCUT2D eigenvalue weighted by Crippen LogP contribution is -2.33. The first-order valence-corrected chi connectivity index (χ1v) is 24.7. The zero-order chi connectivity index (χ0) is 45.3. The van der Waals surface area contributed by atoms with Gasteiger partial charge in [-0.3, -0.25) is 4.79 Å². The van der Waals surface area contributed by atoms with Gasteiger partial charge in [0, 0.05) is 78.7 Å². The molecule has 0 aromatic heterocycles. The first-order valence-electron chi connectivity index (χ1n) is 20.3. The molecule has 4 aromatic rings. The fourth-order valence-corrected chi connectivity index (χ4v) is 11.1. The highest BCUT2D eigenvalue weighted by molar-refractivity contribution is 7.86. The molecule has 0 aliphatic carbocycles. The molecule has 0 saturated heterocycles. The van der Waals surface area contributed by atoms with Crippen LogP contribution in [0, 0.1) is 0 Å². The van der Waals surface area contributed by atoms with Crippen LogP contribution in [0.2, 0.25) is 0 Å². The van der Waals surface area contributed by atoms with Gasteiger partial charge in [-0.25, -0.2) is 25.3 Å². The Kier molecular flexibility index (Phi) is 13.7. The van der Waals surface area contributed by atoms with Crippen LogP contribution < -0.4 is 4.90 Å². The lowest BCUT2D eigenvalue weighted by atomic mass is 9.75. The minimum absolute atomic E-state index is 0.00397. The third kappa shape index (κ3) is 9.44. The normalized spacial score (nSPS) is 20.1. The molecule has 1 N–H and O–H groups in total. The second kappa shape index (κ2) is 18.2. The van der Waals surface area contributed by atoms with Crippen molar-refractivity contribution in [1.29, 1.82) is 0 Å². The molecule has 6 rings (SSSR count). The molecule has 4 aromatic carbocycles. The van der Waals surface area contributed by atoms with Crippen molar-refractivity contribution in [3.63, 3.8) is 0 Å². The van der Waals surface area contributed by atoms with Crippen molar-refractivity contribution in [2.24, 2.45) is 0 Å². The summed E-state index contributed by atoms with van der Waals surface area (Å²) in [7, 11) is -13.4. The molecule has 14 nitrogen and oxygen atoms in total. The summed E-state index contributed by atoms with van der Waals surface area (Å²) in [5.74, 6) is -1.40. The number of likely N-dealkylation sites (N-methyl/N-ethyl adjacent to an activating group) is 1. The summed E-state index contributed by atoms with van der Waals surface area (Å²) in [6.45, 7) is 7.23. The van der Waals surface area contributed by atoms with Gasteiger partial charge in [-0.05, 0) is 105 Å². The first-order chi connectivity index (χ1) is 29.2. The van der Waals surface area contributed by atoms with Crippen molar-refractivity contribution in [3.8, 4) is 0 Å². The highest BCUT2D eigenvalue weighted by atomic mass is 32.2. The van der Waals surface area contributed by atoms with E-state index in [2.05, 4.69) is 24.0 Å². The summed E-state index contributed by atoms with van der Waals surface area (Å²) in [6, 6.07) is 16.9. The lowest BCUT2D eigenvalue weighted by molar-refractivity contribution is -0.438. The number of rotatable bonds is 19. The number of allylic oxidation sites excluding steroid dienone is 6. The first kappa shape index (κ1) is 46.7. The van der Waals surface area contributed by atoms with Crippen LogP contribution in [-0.2, 0) is 50.7 Å². The Morgan fingerprint density at radius 2 is 1.55 bits per heavy atom. The Morgan fingerprint density at radius 3 is 2.21 bits per heavy atom. The number of carboxylic acid groups (broad SMARTS) is 1. The van der Waals surface area contributed by atoms with Gasteiger partial charge in [-0.1, -0.05) is 48.6 Å². The summed E-state index contributed by atoms with van der Waals surface area (Å²) in [5, 5.41) is 11.4. The zero-order valence-corrected chi connectivity index (χ0v) is 37.4. The number of carbonyl (C=O) groups is 1. The minimum atomic E-state index is -5.24. The number of unbranched alkanes of at least 4 members (excludes halogenated alkanes) is 2. The predicted octanol–water partition coefficient (Wildman–Crippen LogP) is 6.96. The monoisotopic (exact) mass is 906 g/mol. The third-order valence-corrected chi connectivity index (χ3v) is 14.6. The summed E-state index contributed by atoms with van der Waals surface area (Å²) in [5.41, 5.74) is 3.16. The van der Waals surface area contributed by atoms with Crippen LogP contribution in [0.25, 0.3) is 21.5 Å². The molecule has 0 bridgehead atoms. The molecule has 0 amide bonds. The van der Waals surface area contributed by atoms with E-state index in [9.17, 15) is 48.8 Å². The summed E-state index contributed by atoms with van der Waals surface area (Å²) < 4.78 is 117. The minimum Gasteiger partial charge on any atom is -0.748 e. The molecule has 17 heteroatoms. The van der Waals surface area contributed by atoms with Crippen molar-refractivity contribution in [1.82, 2.24) is 0 Å².